The average Bonchev–Trinajstić information content (AvgIpc) is 2.51. The first kappa shape index (κ1) is 19.1. The summed E-state index contributed by atoms with van der Waals surface area (Å²) in [7, 11) is 1.62. The highest BCUT2D eigenvalue weighted by atomic mass is 16.7. The average molecular weight is 312 g/mol. The zero-order chi connectivity index (χ0) is 16.2. The molecule has 126 valence electrons. The first-order valence-corrected chi connectivity index (χ1v) is 7.63. The minimum absolute atomic E-state index is 0.0646. The second-order valence-electron chi connectivity index (χ2n) is 5.37. The van der Waals surface area contributed by atoms with Crippen LogP contribution in [-0.2, 0) is 25.6 Å². The molecule has 3 atom stereocenters. The zero-order valence-corrected chi connectivity index (χ0v) is 13.7. The van der Waals surface area contributed by atoms with Gasteiger partial charge >= 0.3 is 0 Å². The molecule has 1 unspecified atom stereocenters. The number of rotatable bonds is 12. The van der Waals surface area contributed by atoms with Crippen molar-refractivity contribution in [3.63, 3.8) is 0 Å². The lowest BCUT2D eigenvalue weighted by molar-refractivity contribution is -0.149. The molecule has 0 fully saturated rings. The zero-order valence-electron chi connectivity index (χ0n) is 13.7. The summed E-state index contributed by atoms with van der Waals surface area (Å²) in [6, 6.07) is 10.0. The summed E-state index contributed by atoms with van der Waals surface area (Å²) < 4.78 is 21.5. The summed E-state index contributed by atoms with van der Waals surface area (Å²) in [5, 5.41) is 9.84. The molecule has 1 aromatic rings. The van der Waals surface area contributed by atoms with Gasteiger partial charge in [0.1, 0.15) is 6.79 Å². The van der Waals surface area contributed by atoms with E-state index < -0.39 is 6.10 Å². The standard InChI is InChI=1S/C17H28O5/c1-14(11-21-12-16-7-5-4-6-8-16)17(15(2)18)22-13-20-10-9-19-3/h4-8,14-15,17-18H,9-13H2,1-3H3/t14-,15?,17-/m0/s1. The van der Waals surface area contributed by atoms with E-state index in [-0.39, 0.29) is 18.8 Å². The summed E-state index contributed by atoms with van der Waals surface area (Å²) in [6.45, 7) is 5.93. The Morgan fingerprint density at radius 2 is 1.77 bits per heavy atom. The van der Waals surface area contributed by atoms with Crippen molar-refractivity contribution in [1.82, 2.24) is 0 Å². The maximum Gasteiger partial charge on any atom is 0.147 e. The van der Waals surface area contributed by atoms with Crippen LogP contribution >= 0.6 is 0 Å². The van der Waals surface area contributed by atoms with Gasteiger partial charge in [-0.2, -0.15) is 0 Å². The van der Waals surface area contributed by atoms with Crippen molar-refractivity contribution in [3.05, 3.63) is 35.9 Å². The van der Waals surface area contributed by atoms with Crippen LogP contribution < -0.4 is 0 Å². The Labute approximate surface area is 133 Å². The van der Waals surface area contributed by atoms with E-state index in [1.807, 2.05) is 37.3 Å². The van der Waals surface area contributed by atoms with Crippen molar-refractivity contribution < 1.29 is 24.1 Å². The molecule has 0 aromatic heterocycles. The second-order valence-corrected chi connectivity index (χ2v) is 5.37. The fraction of sp³-hybridized carbons (Fsp3) is 0.647. The van der Waals surface area contributed by atoms with Crippen molar-refractivity contribution in [3.8, 4) is 0 Å². The fourth-order valence-electron chi connectivity index (χ4n) is 2.14. The summed E-state index contributed by atoms with van der Waals surface area (Å²) in [5.41, 5.74) is 1.13. The van der Waals surface area contributed by atoms with Crippen molar-refractivity contribution in [2.75, 3.05) is 33.7 Å². The summed E-state index contributed by atoms with van der Waals surface area (Å²) in [4.78, 5) is 0. The van der Waals surface area contributed by atoms with E-state index in [4.69, 9.17) is 18.9 Å². The van der Waals surface area contributed by atoms with Crippen LogP contribution in [0.3, 0.4) is 0 Å². The van der Waals surface area contributed by atoms with Gasteiger partial charge in [-0.1, -0.05) is 37.3 Å². The molecule has 0 saturated carbocycles. The van der Waals surface area contributed by atoms with Crippen molar-refractivity contribution in [2.45, 2.75) is 32.7 Å². The molecule has 0 aliphatic carbocycles. The van der Waals surface area contributed by atoms with Crippen LogP contribution in [0.25, 0.3) is 0 Å². The number of hydrogen-bond acceptors (Lipinski definition) is 5. The molecular formula is C17H28O5. The first-order chi connectivity index (χ1) is 10.6. The van der Waals surface area contributed by atoms with E-state index in [0.29, 0.717) is 26.4 Å². The van der Waals surface area contributed by atoms with Crippen LogP contribution in [0.15, 0.2) is 30.3 Å². The Bertz CT molecular complexity index is 369. The molecule has 0 radical (unpaired) electrons. The molecule has 0 aliphatic rings. The Hall–Kier alpha value is -0.980. The summed E-state index contributed by atoms with van der Waals surface area (Å²) in [6.07, 6.45) is -0.903. The molecule has 1 aromatic carbocycles. The molecule has 5 heteroatoms. The first-order valence-electron chi connectivity index (χ1n) is 7.63. The lowest BCUT2D eigenvalue weighted by Gasteiger charge is -2.26. The van der Waals surface area contributed by atoms with Gasteiger partial charge in [0, 0.05) is 13.0 Å². The normalized spacial score (nSPS) is 15.5. The molecule has 0 heterocycles. The summed E-state index contributed by atoms with van der Waals surface area (Å²) >= 11 is 0. The third kappa shape index (κ3) is 7.87. The van der Waals surface area contributed by atoms with Gasteiger partial charge in [0.2, 0.25) is 0 Å². The third-order valence-corrected chi connectivity index (χ3v) is 3.30. The minimum atomic E-state index is -0.582. The van der Waals surface area contributed by atoms with Crippen LogP contribution in [0.4, 0.5) is 0 Å². The number of aliphatic hydroxyl groups is 1. The number of ether oxygens (including phenoxy) is 4. The summed E-state index contributed by atoms with van der Waals surface area (Å²) in [5.74, 6) is 0.0646. The fourth-order valence-corrected chi connectivity index (χ4v) is 2.14. The van der Waals surface area contributed by atoms with Gasteiger partial charge in [0.25, 0.3) is 0 Å². The van der Waals surface area contributed by atoms with Crippen molar-refractivity contribution in [1.29, 1.82) is 0 Å². The van der Waals surface area contributed by atoms with Crippen LogP contribution in [0, 0.1) is 5.92 Å². The van der Waals surface area contributed by atoms with Crippen LogP contribution in [0.1, 0.15) is 19.4 Å². The van der Waals surface area contributed by atoms with Gasteiger partial charge < -0.3 is 24.1 Å². The lowest BCUT2D eigenvalue weighted by Crippen LogP contribution is -2.36. The number of hydrogen-bond donors (Lipinski definition) is 1. The topological polar surface area (TPSA) is 57.2 Å². The highest BCUT2D eigenvalue weighted by Gasteiger charge is 2.23. The van der Waals surface area contributed by atoms with Gasteiger partial charge in [-0.3, -0.25) is 0 Å². The molecule has 0 spiro atoms. The number of benzene rings is 1. The number of aliphatic hydroxyl groups excluding tert-OH is 1. The van der Waals surface area contributed by atoms with Gasteiger partial charge in [-0.15, -0.1) is 0 Å². The minimum Gasteiger partial charge on any atom is -0.391 e. The maximum absolute atomic E-state index is 9.84. The molecule has 0 amide bonds. The SMILES string of the molecule is COCCOCO[C@H](C(C)O)[C@@H](C)COCc1ccccc1. The Morgan fingerprint density at radius 1 is 1.05 bits per heavy atom. The molecule has 5 nitrogen and oxygen atoms in total. The van der Waals surface area contributed by atoms with Gasteiger partial charge in [0.05, 0.1) is 38.6 Å². The van der Waals surface area contributed by atoms with E-state index in [1.165, 1.54) is 0 Å². The smallest absolute Gasteiger partial charge is 0.147 e. The molecule has 0 bridgehead atoms. The predicted molar refractivity (Wildman–Crippen MR) is 84.5 cm³/mol. The molecular weight excluding hydrogens is 284 g/mol. The Kier molecular flexibility index (Phi) is 10.0. The van der Waals surface area contributed by atoms with E-state index in [9.17, 15) is 5.11 Å². The quantitative estimate of drug-likeness (QED) is 0.474. The van der Waals surface area contributed by atoms with E-state index in [2.05, 4.69) is 0 Å². The lowest BCUT2D eigenvalue weighted by atomic mass is 10.0. The molecule has 0 saturated heterocycles. The highest BCUT2D eigenvalue weighted by molar-refractivity contribution is 5.13. The molecule has 22 heavy (non-hydrogen) atoms. The predicted octanol–water partition coefficient (Wildman–Crippen LogP) is 2.23. The van der Waals surface area contributed by atoms with Crippen molar-refractivity contribution in [2.24, 2.45) is 5.92 Å². The second kappa shape index (κ2) is 11.6. The highest BCUT2D eigenvalue weighted by Crippen LogP contribution is 2.14. The van der Waals surface area contributed by atoms with E-state index >= 15 is 0 Å². The van der Waals surface area contributed by atoms with Crippen LogP contribution in [0.5, 0.6) is 0 Å². The third-order valence-electron chi connectivity index (χ3n) is 3.30. The molecule has 0 aliphatic heterocycles. The van der Waals surface area contributed by atoms with E-state index in [0.717, 1.165) is 5.56 Å². The molecule has 1 rings (SSSR count). The van der Waals surface area contributed by atoms with Gasteiger partial charge in [-0.25, -0.2) is 0 Å². The largest absolute Gasteiger partial charge is 0.391 e. The monoisotopic (exact) mass is 312 g/mol. The van der Waals surface area contributed by atoms with Gasteiger partial charge in [-0.05, 0) is 12.5 Å². The maximum atomic E-state index is 9.84. The number of methoxy groups -OCH3 is 1. The van der Waals surface area contributed by atoms with E-state index in [1.54, 1.807) is 14.0 Å². The van der Waals surface area contributed by atoms with Crippen LogP contribution in [0.2, 0.25) is 0 Å². The Morgan fingerprint density at radius 3 is 2.41 bits per heavy atom. The Balaban J connectivity index is 2.27. The van der Waals surface area contributed by atoms with Crippen LogP contribution in [-0.4, -0.2) is 51.0 Å². The van der Waals surface area contributed by atoms with Crippen molar-refractivity contribution >= 4 is 0 Å². The molecule has 1 N–H and O–H groups in total. The van der Waals surface area contributed by atoms with Gasteiger partial charge in [0.15, 0.2) is 0 Å².